The molecular formula is C20H29BrN2O4. The van der Waals surface area contributed by atoms with Crippen molar-refractivity contribution in [3.63, 3.8) is 0 Å². The fraction of sp³-hybridized carbons (Fsp3) is 0.600. The molecule has 2 fully saturated rings. The second-order valence-corrected chi connectivity index (χ2v) is 8.11. The van der Waals surface area contributed by atoms with Crippen LogP contribution in [0.4, 0.5) is 0 Å². The maximum absolute atomic E-state index is 9.10. The molecule has 1 aliphatic heterocycles. The Morgan fingerprint density at radius 3 is 1.89 bits per heavy atom. The van der Waals surface area contributed by atoms with E-state index in [0.29, 0.717) is 0 Å². The van der Waals surface area contributed by atoms with E-state index in [1.165, 1.54) is 74.7 Å². The first kappa shape index (κ1) is 21.9. The van der Waals surface area contributed by atoms with Crippen LogP contribution < -0.4 is 0 Å². The molecule has 1 aliphatic carbocycles. The van der Waals surface area contributed by atoms with Crippen molar-refractivity contribution in [3.8, 4) is 0 Å². The van der Waals surface area contributed by atoms with Gasteiger partial charge >= 0.3 is 11.9 Å². The molecule has 27 heavy (non-hydrogen) atoms. The van der Waals surface area contributed by atoms with E-state index in [9.17, 15) is 0 Å². The standard InChI is InChI=1S/C18H27BrN2.C2H2O4/c19-17-9-7-16(8-10-17)15-20-11-13-21(14-12-20)18-5-3-1-2-4-6-18;3-1(4)2(5)6/h7-10,18H,1-6,11-15H2;(H,3,4)(H,5,6). The molecule has 150 valence electrons. The van der Waals surface area contributed by atoms with E-state index in [0.717, 1.165) is 12.6 Å². The summed E-state index contributed by atoms with van der Waals surface area (Å²) in [5, 5.41) is 14.8. The highest BCUT2D eigenvalue weighted by Crippen LogP contribution is 2.23. The first-order chi connectivity index (χ1) is 13.0. The van der Waals surface area contributed by atoms with Gasteiger partial charge in [-0.3, -0.25) is 9.80 Å². The summed E-state index contributed by atoms with van der Waals surface area (Å²) < 4.78 is 1.17. The van der Waals surface area contributed by atoms with Gasteiger partial charge in [0, 0.05) is 43.2 Å². The minimum atomic E-state index is -1.82. The molecule has 1 aromatic rings. The predicted molar refractivity (Wildman–Crippen MR) is 108 cm³/mol. The fourth-order valence-electron chi connectivity index (χ4n) is 3.76. The van der Waals surface area contributed by atoms with E-state index in [2.05, 4.69) is 50.0 Å². The van der Waals surface area contributed by atoms with Crippen LogP contribution in [0.2, 0.25) is 0 Å². The number of benzene rings is 1. The van der Waals surface area contributed by atoms with Crippen molar-refractivity contribution < 1.29 is 19.8 Å². The average molecular weight is 441 g/mol. The molecule has 1 aromatic carbocycles. The Kier molecular flexibility index (Phi) is 9.24. The van der Waals surface area contributed by atoms with Crippen molar-refractivity contribution in [1.29, 1.82) is 0 Å². The zero-order chi connectivity index (χ0) is 19.6. The summed E-state index contributed by atoms with van der Waals surface area (Å²) in [7, 11) is 0. The SMILES string of the molecule is Brc1ccc(CN2CCN(C3CCCCCC3)CC2)cc1.O=C(O)C(=O)O. The molecule has 0 bridgehead atoms. The molecule has 2 aliphatic rings. The van der Waals surface area contributed by atoms with Gasteiger partial charge < -0.3 is 10.2 Å². The summed E-state index contributed by atoms with van der Waals surface area (Å²) in [6.07, 6.45) is 8.69. The van der Waals surface area contributed by atoms with E-state index in [1.807, 2.05) is 0 Å². The maximum Gasteiger partial charge on any atom is 0.414 e. The van der Waals surface area contributed by atoms with Gasteiger partial charge in [-0.25, -0.2) is 9.59 Å². The van der Waals surface area contributed by atoms with Gasteiger partial charge in [0.2, 0.25) is 0 Å². The first-order valence-corrected chi connectivity index (χ1v) is 10.4. The van der Waals surface area contributed by atoms with E-state index in [4.69, 9.17) is 19.8 Å². The quantitative estimate of drug-likeness (QED) is 0.553. The summed E-state index contributed by atoms with van der Waals surface area (Å²) in [5.74, 6) is -3.65. The number of hydrogen-bond donors (Lipinski definition) is 2. The smallest absolute Gasteiger partial charge is 0.414 e. The van der Waals surface area contributed by atoms with Crippen molar-refractivity contribution in [2.75, 3.05) is 26.2 Å². The monoisotopic (exact) mass is 440 g/mol. The summed E-state index contributed by atoms with van der Waals surface area (Å²) in [6, 6.07) is 9.65. The van der Waals surface area contributed by atoms with Gasteiger partial charge in [0.1, 0.15) is 0 Å². The van der Waals surface area contributed by atoms with E-state index < -0.39 is 11.9 Å². The van der Waals surface area contributed by atoms with Crippen molar-refractivity contribution in [3.05, 3.63) is 34.3 Å². The van der Waals surface area contributed by atoms with E-state index in [1.54, 1.807) is 0 Å². The number of carboxylic acids is 2. The van der Waals surface area contributed by atoms with Crippen molar-refractivity contribution in [2.24, 2.45) is 0 Å². The lowest BCUT2D eigenvalue weighted by atomic mass is 10.1. The third kappa shape index (κ3) is 7.99. The molecule has 0 spiro atoms. The summed E-state index contributed by atoms with van der Waals surface area (Å²) >= 11 is 3.51. The number of carbonyl (C=O) groups is 2. The molecule has 0 amide bonds. The van der Waals surface area contributed by atoms with Crippen LogP contribution >= 0.6 is 15.9 Å². The molecule has 0 atom stereocenters. The number of piperazine rings is 1. The molecule has 1 saturated heterocycles. The summed E-state index contributed by atoms with van der Waals surface area (Å²) in [4.78, 5) is 23.6. The Balaban J connectivity index is 0.000000380. The molecule has 3 rings (SSSR count). The number of aliphatic carboxylic acids is 2. The van der Waals surface area contributed by atoms with Gasteiger partial charge in [-0.05, 0) is 30.5 Å². The number of nitrogens with zero attached hydrogens (tertiary/aromatic N) is 2. The van der Waals surface area contributed by atoms with Crippen molar-refractivity contribution >= 4 is 27.9 Å². The molecule has 6 nitrogen and oxygen atoms in total. The predicted octanol–water partition coefficient (Wildman–Crippen LogP) is 3.45. The fourth-order valence-corrected chi connectivity index (χ4v) is 4.02. The minimum Gasteiger partial charge on any atom is -0.473 e. The lowest BCUT2D eigenvalue weighted by Gasteiger charge is -2.39. The molecule has 1 saturated carbocycles. The van der Waals surface area contributed by atoms with E-state index in [-0.39, 0.29) is 0 Å². The summed E-state index contributed by atoms with van der Waals surface area (Å²) in [5.41, 5.74) is 1.43. The second kappa shape index (κ2) is 11.4. The Labute approximate surface area is 169 Å². The number of halogens is 1. The number of hydrogen-bond acceptors (Lipinski definition) is 4. The van der Waals surface area contributed by atoms with Crippen LogP contribution in [0.5, 0.6) is 0 Å². The first-order valence-electron chi connectivity index (χ1n) is 9.63. The summed E-state index contributed by atoms with van der Waals surface area (Å²) in [6.45, 7) is 6.09. The highest BCUT2D eigenvalue weighted by atomic mass is 79.9. The van der Waals surface area contributed by atoms with Crippen molar-refractivity contribution in [1.82, 2.24) is 9.80 Å². The van der Waals surface area contributed by atoms with Crippen LogP contribution in [0.3, 0.4) is 0 Å². The van der Waals surface area contributed by atoms with Crippen LogP contribution in [-0.4, -0.2) is 64.2 Å². The maximum atomic E-state index is 9.10. The number of carboxylic acid groups (broad SMARTS) is 2. The lowest BCUT2D eigenvalue weighted by Crippen LogP contribution is -2.49. The largest absolute Gasteiger partial charge is 0.473 e. The van der Waals surface area contributed by atoms with Crippen LogP contribution in [-0.2, 0) is 16.1 Å². The number of rotatable bonds is 3. The van der Waals surface area contributed by atoms with Gasteiger partial charge in [-0.15, -0.1) is 0 Å². The molecule has 0 unspecified atom stereocenters. The normalized spacial score (nSPS) is 19.6. The van der Waals surface area contributed by atoms with Crippen LogP contribution in [0.25, 0.3) is 0 Å². The van der Waals surface area contributed by atoms with E-state index >= 15 is 0 Å². The Bertz CT molecular complexity index is 581. The highest BCUT2D eigenvalue weighted by molar-refractivity contribution is 9.10. The Morgan fingerprint density at radius 1 is 0.889 bits per heavy atom. The molecular weight excluding hydrogens is 412 g/mol. The van der Waals surface area contributed by atoms with Gasteiger partial charge in [0.25, 0.3) is 0 Å². The third-order valence-electron chi connectivity index (χ3n) is 5.25. The Hall–Kier alpha value is -1.44. The van der Waals surface area contributed by atoms with Crippen LogP contribution in [0.15, 0.2) is 28.7 Å². The zero-order valence-corrected chi connectivity index (χ0v) is 17.2. The molecule has 2 N–H and O–H groups in total. The highest BCUT2D eigenvalue weighted by Gasteiger charge is 2.24. The van der Waals surface area contributed by atoms with Crippen molar-refractivity contribution in [2.45, 2.75) is 51.1 Å². The minimum absolute atomic E-state index is 0.877. The molecule has 1 heterocycles. The molecule has 0 radical (unpaired) electrons. The average Bonchev–Trinajstić information content (AvgIpc) is 2.94. The topological polar surface area (TPSA) is 81.1 Å². The third-order valence-corrected chi connectivity index (χ3v) is 5.78. The molecule has 0 aromatic heterocycles. The van der Waals surface area contributed by atoms with Gasteiger partial charge in [0.05, 0.1) is 0 Å². The zero-order valence-electron chi connectivity index (χ0n) is 15.6. The van der Waals surface area contributed by atoms with Gasteiger partial charge in [0.15, 0.2) is 0 Å². The van der Waals surface area contributed by atoms with Crippen LogP contribution in [0, 0.1) is 0 Å². The van der Waals surface area contributed by atoms with Gasteiger partial charge in [-0.2, -0.15) is 0 Å². The Morgan fingerprint density at radius 2 is 1.41 bits per heavy atom. The lowest BCUT2D eigenvalue weighted by molar-refractivity contribution is -0.159. The van der Waals surface area contributed by atoms with Gasteiger partial charge in [-0.1, -0.05) is 53.7 Å². The van der Waals surface area contributed by atoms with Crippen LogP contribution in [0.1, 0.15) is 44.1 Å². The molecule has 7 heteroatoms. The second-order valence-electron chi connectivity index (χ2n) is 7.19.